The van der Waals surface area contributed by atoms with Crippen LogP contribution in [0.25, 0.3) is 0 Å². The van der Waals surface area contributed by atoms with Crippen molar-refractivity contribution < 1.29 is 9.59 Å². The van der Waals surface area contributed by atoms with E-state index in [2.05, 4.69) is 10.6 Å². The fourth-order valence-electron chi connectivity index (χ4n) is 0.957. The molecule has 2 amide bonds. The number of urea groups is 1. The summed E-state index contributed by atoms with van der Waals surface area (Å²) in [5, 5.41) is 4.93. The van der Waals surface area contributed by atoms with E-state index in [1.165, 1.54) is 0 Å². The molecule has 0 fully saturated rings. The largest absolute Gasteiger partial charge is 0.334 e. The second-order valence-corrected chi connectivity index (χ2v) is 2.67. The summed E-state index contributed by atoms with van der Waals surface area (Å²) in [5.74, 6) is 0. The van der Waals surface area contributed by atoms with Crippen LogP contribution in [0.4, 0.5) is 4.79 Å². The van der Waals surface area contributed by atoms with Crippen molar-refractivity contribution in [1.29, 1.82) is 0 Å². The molecule has 0 bridgehead atoms. The lowest BCUT2D eigenvalue weighted by Gasteiger charge is -2.04. The summed E-state index contributed by atoms with van der Waals surface area (Å²) in [4.78, 5) is 20.8. The smallest absolute Gasteiger partial charge is 0.315 e. The molecule has 0 saturated heterocycles. The van der Waals surface area contributed by atoms with Gasteiger partial charge in [-0.05, 0) is 5.56 Å². The van der Waals surface area contributed by atoms with Gasteiger partial charge in [0, 0.05) is 6.54 Å². The molecule has 0 aliphatic rings. The van der Waals surface area contributed by atoms with Gasteiger partial charge in [-0.2, -0.15) is 0 Å². The Morgan fingerprint density at radius 2 is 1.93 bits per heavy atom. The molecule has 1 rings (SSSR count). The highest BCUT2D eigenvalue weighted by molar-refractivity contribution is 5.76. The van der Waals surface area contributed by atoms with Crippen molar-refractivity contribution in [3.63, 3.8) is 0 Å². The minimum Gasteiger partial charge on any atom is -0.334 e. The molecule has 4 heteroatoms. The van der Waals surface area contributed by atoms with Gasteiger partial charge in [-0.1, -0.05) is 30.3 Å². The number of amides is 2. The predicted octanol–water partition coefficient (Wildman–Crippen LogP) is 0.595. The van der Waals surface area contributed by atoms with Crippen molar-refractivity contribution in [3.8, 4) is 0 Å². The molecule has 0 saturated carbocycles. The zero-order valence-electron chi connectivity index (χ0n) is 7.62. The van der Waals surface area contributed by atoms with Gasteiger partial charge < -0.3 is 10.6 Å². The highest BCUT2D eigenvalue weighted by Crippen LogP contribution is 1.96. The van der Waals surface area contributed by atoms with Gasteiger partial charge in [0.05, 0.1) is 6.54 Å². The second kappa shape index (κ2) is 5.75. The van der Waals surface area contributed by atoms with Crippen LogP contribution in [-0.2, 0) is 11.3 Å². The lowest BCUT2D eigenvalue weighted by molar-refractivity contribution is 0.241. The minimum atomic E-state index is -0.364. The predicted molar refractivity (Wildman–Crippen MR) is 52.4 cm³/mol. The third-order valence-electron chi connectivity index (χ3n) is 1.62. The maximum absolute atomic E-state index is 11.0. The van der Waals surface area contributed by atoms with Crippen molar-refractivity contribution in [1.82, 2.24) is 10.6 Å². The lowest BCUT2D eigenvalue weighted by atomic mass is 10.2. The zero-order chi connectivity index (χ0) is 10.2. The third kappa shape index (κ3) is 3.71. The minimum absolute atomic E-state index is 0.0827. The van der Waals surface area contributed by atoms with Crippen LogP contribution >= 0.6 is 0 Å². The monoisotopic (exact) mass is 191 g/mol. The Morgan fingerprint density at radius 1 is 1.21 bits per heavy atom. The van der Waals surface area contributed by atoms with Crippen LogP contribution in [-0.4, -0.2) is 18.9 Å². The van der Waals surface area contributed by atoms with E-state index in [1.54, 1.807) is 6.29 Å². The first-order valence-electron chi connectivity index (χ1n) is 4.23. The van der Waals surface area contributed by atoms with Crippen LogP contribution in [0.3, 0.4) is 0 Å². The van der Waals surface area contributed by atoms with Crippen LogP contribution in [0.15, 0.2) is 30.3 Å². The Kier molecular flexibility index (Phi) is 4.20. The number of nitrogens with one attached hydrogen (secondary N) is 2. The molecule has 14 heavy (non-hydrogen) atoms. The number of carbonyl (C=O) groups excluding carboxylic acids is 2. The first-order chi connectivity index (χ1) is 6.83. The first-order valence-corrected chi connectivity index (χ1v) is 4.23. The van der Waals surface area contributed by atoms with E-state index >= 15 is 0 Å². The number of benzene rings is 1. The number of hydrogen-bond acceptors (Lipinski definition) is 2. The molecule has 4 nitrogen and oxygen atoms in total. The SMILES string of the molecule is O=[C]CNC(=O)NCc1ccccc1. The molecule has 1 radical (unpaired) electrons. The van der Waals surface area contributed by atoms with E-state index in [1.807, 2.05) is 30.3 Å². The average molecular weight is 191 g/mol. The number of carbonyl (C=O) groups is 1. The highest BCUT2D eigenvalue weighted by Gasteiger charge is 1.97. The van der Waals surface area contributed by atoms with Gasteiger partial charge in [0.25, 0.3) is 0 Å². The van der Waals surface area contributed by atoms with Crippen molar-refractivity contribution in [2.75, 3.05) is 6.54 Å². The number of hydrogen-bond donors (Lipinski definition) is 2. The molecular formula is C10H11N2O2. The fourth-order valence-corrected chi connectivity index (χ4v) is 0.957. The molecule has 0 heterocycles. The average Bonchev–Trinajstić information content (AvgIpc) is 2.25. The van der Waals surface area contributed by atoms with Gasteiger partial charge >= 0.3 is 6.03 Å². The fraction of sp³-hybridized carbons (Fsp3) is 0.200. The van der Waals surface area contributed by atoms with Gasteiger partial charge in [0.1, 0.15) is 0 Å². The molecule has 1 aromatic rings. The molecule has 0 spiro atoms. The first kappa shape index (κ1) is 10.2. The molecule has 2 N–H and O–H groups in total. The van der Waals surface area contributed by atoms with Crippen LogP contribution in [0.5, 0.6) is 0 Å². The van der Waals surface area contributed by atoms with Gasteiger partial charge in [-0.15, -0.1) is 0 Å². The summed E-state index contributed by atoms with van der Waals surface area (Å²) in [6.07, 6.45) is 1.57. The van der Waals surface area contributed by atoms with Gasteiger partial charge in [0.2, 0.25) is 6.29 Å². The summed E-state index contributed by atoms with van der Waals surface area (Å²) in [6.45, 7) is 0.367. The van der Waals surface area contributed by atoms with Gasteiger partial charge in [0.15, 0.2) is 0 Å². The van der Waals surface area contributed by atoms with Gasteiger partial charge in [-0.3, -0.25) is 4.79 Å². The molecular weight excluding hydrogens is 180 g/mol. The Balaban J connectivity index is 2.27. The molecule has 0 aliphatic heterocycles. The summed E-state index contributed by atoms with van der Waals surface area (Å²) >= 11 is 0. The number of rotatable bonds is 4. The Hall–Kier alpha value is -1.84. The maximum Gasteiger partial charge on any atom is 0.315 e. The summed E-state index contributed by atoms with van der Waals surface area (Å²) in [6, 6.07) is 9.16. The third-order valence-corrected chi connectivity index (χ3v) is 1.62. The van der Waals surface area contributed by atoms with Crippen molar-refractivity contribution >= 4 is 12.3 Å². The van der Waals surface area contributed by atoms with E-state index in [4.69, 9.17) is 0 Å². The van der Waals surface area contributed by atoms with E-state index < -0.39 is 0 Å². The van der Waals surface area contributed by atoms with E-state index in [9.17, 15) is 9.59 Å². The van der Waals surface area contributed by atoms with Crippen LogP contribution < -0.4 is 10.6 Å². The van der Waals surface area contributed by atoms with E-state index in [-0.39, 0.29) is 12.6 Å². The lowest BCUT2D eigenvalue weighted by Crippen LogP contribution is -2.35. The van der Waals surface area contributed by atoms with E-state index in [0.717, 1.165) is 5.56 Å². The Labute approximate surface area is 82.3 Å². The van der Waals surface area contributed by atoms with Crippen LogP contribution in [0.1, 0.15) is 5.56 Å². The highest BCUT2D eigenvalue weighted by atomic mass is 16.2. The van der Waals surface area contributed by atoms with Gasteiger partial charge in [-0.25, -0.2) is 4.79 Å². The summed E-state index contributed by atoms with van der Waals surface area (Å²) < 4.78 is 0. The molecule has 0 unspecified atom stereocenters. The molecule has 0 aromatic heterocycles. The molecule has 73 valence electrons. The van der Waals surface area contributed by atoms with Crippen molar-refractivity contribution in [3.05, 3.63) is 35.9 Å². The Bertz CT molecular complexity index is 298. The zero-order valence-corrected chi connectivity index (χ0v) is 7.62. The van der Waals surface area contributed by atoms with E-state index in [0.29, 0.717) is 6.54 Å². The maximum atomic E-state index is 11.0. The topological polar surface area (TPSA) is 58.2 Å². The van der Waals surface area contributed by atoms with Crippen LogP contribution in [0.2, 0.25) is 0 Å². The molecule has 0 aliphatic carbocycles. The summed E-state index contributed by atoms with van der Waals surface area (Å²) in [5.41, 5.74) is 1.01. The Morgan fingerprint density at radius 3 is 2.57 bits per heavy atom. The summed E-state index contributed by atoms with van der Waals surface area (Å²) in [7, 11) is 0. The van der Waals surface area contributed by atoms with Crippen molar-refractivity contribution in [2.24, 2.45) is 0 Å². The normalized spacial score (nSPS) is 9.14. The molecule has 0 atom stereocenters. The second-order valence-electron chi connectivity index (χ2n) is 2.67. The standard InChI is InChI=1S/C10H11N2O2/c13-7-6-11-10(14)12-8-9-4-2-1-3-5-9/h1-5H,6,8H2,(H2,11,12,14). The molecule has 1 aromatic carbocycles. The van der Waals surface area contributed by atoms with Crippen LogP contribution in [0, 0.1) is 0 Å². The van der Waals surface area contributed by atoms with Crippen molar-refractivity contribution in [2.45, 2.75) is 6.54 Å². The quantitative estimate of drug-likeness (QED) is 0.732.